The highest BCUT2D eigenvalue weighted by molar-refractivity contribution is 8.00. The molecule has 98 valence electrons. The number of thiazole rings is 1. The van der Waals surface area contributed by atoms with Crippen LogP contribution in [0.1, 0.15) is 10.5 Å². The number of rotatable bonds is 5. The van der Waals surface area contributed by atoms with Crippen molar-refractivity contribution in [1.82, 2.24) is 9.97 Å². The van der Waals surface area contributed by atoms with Crippen LogP contribution in [0.5, 0.6) is 0 Å². The number of pyridine rings is 1. The van der Waals surface area contributed by atoms with Crippen LogP contribution in [0.2, 0.25) is 0 Å². The predicted molar refractivity (Wildman–Crippen MR) is 72.7 cm³/mol. The maximum atomic E-state index is 11.6. The number of amides is 1. The van der Waals surface area contributed by atoms with Gasteiger partial charge < -0.3 is 10.4 Å². The van der Waals surface area contributed by atoms with Gasteiger partial charge in [-0.2, -0.15) is 0 Å². The fraction of sp³-hybridized carbons (Fsp3) is 0.0909. The summed E-state index contributed by atoms with van der Waals surface area (Å²) in [5.41, 5.74) is -0.0367. The number of nitrogens with one attached hydrogen (secondary N) is 1. The molecule has 0 aliphatic carbocycles. The third-order valence-corrected chi connectivity index (χ3v) is 3.68. The average Bonchev–Trinajstić information content (AvgIpc) is 2.89. The SMILES string of the molecule is O=C(CSc1ccnc(C(=O)O)c1)Nc1nccs1. The molecule has 0 saturated heterocycles. The zero-order valence-corrected chi connectivity index (χ0v) is 11.2. The van der Waals surface area contributed by atoms with Crippen molar-refractivity contribution in [3.63, 3.8) is 0 Å². The maximum absolute atomic E-state index is 11.6. The Bertz CT molecular complexity index is 587. The molecule has 0 radical (unpaired) electrons. The number of hydrogen-bond donors (Lipinski definition) is 2. The van der Waals surface area contributed by atoms with E-state index in [0.29, 0.717) is 10.0 Å². The molecule has 0 aromatic carbocycles. The second kappa shape index (κ2) is 6.30. The van der Waals surface area contributed by atoms with Crippen LogP contribution in [0, 0.1) is 0 Å². The molecule has 2 rings (SSSR count). The zero-order chi connectivity index (χ0) is 13.7. The van der Waals surface area contributed by atoms with Crippen LogP contribution in [0.15, 0.2) is 34.8 Å². The number of anilines is 1. The lowest BCUT2D eigenvalue weighted by Gasteiger charge is -2.02. The molecule has 2 heterocycles. The molecule has 0 saturated carbocycles. The molecule has 8 heteroatoms. The van der Waals surface area contributed by atoms with Gasteiger partial charge in [0.2, 0.25) is 5.91 Å². The van der Waals surface area contributed by atoms with Gasteiger partial charge in [-0.25, -0.2) is 14.8 Å². The highest BCUT2D eigenvalue weighted by Crippen LogP contribution is 2.19. The Morgan fingerprint density at radius 2 is 2.21 bits per heavy atom. The topological polar surface area (TPSA) is 92.2 Å². The van der Waals surface area contributed by atoms with E-state index in [1.807, 2.05) is 0 Å². The molecule has 0 aliphatic heterocycles. The van der Waals surface area contributed by atoms with Crippen LogP contribution in [-0.2, 0) is 4.79 Å². The van der Waals surface area contributed by atoms with Crippen molar-refractivity contribution in [2.75, 3.05) is 11.1 Å². The van der Waals surface area contributed by atoms with Gasteiger partial charge in [0.15, 0.2) is 5.13 Å². The van der Waals surface area contributed by atoms with Gasteiger partial charge >= 0.3 is 5.97 Å². The van der Waals surface area contributed by atoms with Crippen LogP contribution < -0.4 is 5.32 Å². The second-order valence-corrected chi connectivity index (χ2v) is 5.30. The number of thioether (sulfide) groups is 1. The minimum absolute atomic E-state index is 0.0367. The molecule has 0 atom stereocenters. The normalized spacial score (nSPS) is 10.1. The van der Waals surface area contributed by atoms with Gasteiger partial charge in [0.1, 0.15) is 5.69 Å². The van der Waals surface area contributed by atoms with Crippen LogP contribution >= 0.6 is 23.1 Å². The number of carbonyl (C=O) groups is 2. The number of carbonyl (C=O) groups excluding carboxylic acids is 1. The van der Waals surface area contributed by atoms with Crippen LogP contribution in [0.3, 0.4) is 0 Å². The van der Waals surface area contributed by atoms with Crippen molar-refractivity contribution in [2.45, 2.75) is 4.90 Å². The van der Waals surface area contributed by atoms with Crippen LogP contribution in [-0.4, -0.2) is 32.7 Å². The molecule has 6 nitrogen and oxygen atoms in total. The first-order valence-electron chi connectivity index (χ1n) is 5.16. The van der Waals surface area contributed by atoms with E-state index in [-0.39, 0.29) is 17.4 Å². The van der Waals surface area contributed by atoms with Crippen LogP contribution in [0.25, 0.3) is 0 Å². The van der Waals surface area contributed by atoms with Gasteiger partial charge in [0.05, 0.1) is 5.75 Å². The highest BCUT2D eigenvalue weighted by Gasteiger charge is 2.08. The van der Waals surface area contributed by atoms with Gasteiger partial charge in [-0.1, -0.05) is 0 Å². The molecule has 19 heavy (non-hydrogen) atoms. The first-order chi connectivity index (χ1) is 9.15. The first-order valence-corrected chi connectivity index (χ1v) is 7.03. The molecular formula is C11H9N3O3S2. The summed E-state index contributed by atoms with van der Waals surface area (Å²) in [6.45, 7) is 0. The minimum atomic E-state index is -1.09. The Kier molecular flexibility index (Phi) is 4.48. The van der Waals surface area contributed by atoms with E-state index in [1.54, 1.807) is 17.6 Å². The fourth-order valence-electron chi connectivity index (χ4n) is 1.21. The molecule has 2 aromatic heterocycles. The quantitative estimate of drug-likeness (QED) is 0.819. The first kappa shape index (κ1) is 13.5. The lowest BCUT2D eigenvalue weighted by atomic mass is 10.3. The van der Waals surface area contributed by atoms with Gasteiger partial charge in [-0.05, 0) is 12.1 Å². The van der Waals surface area contributed by atoms with Crippen molar-refractivity contribution < 1.29 is 14.7 Å². The Labute approximate surface area is 116 Å². The van der Waals surface area contributed by atoms with Gasteiger partial charge in [0.25, 0.3) is 0 Å². The number of carboxylic acids is 1. The molecule has 2 N–H and O–H groups in total. The molecule has 0 fully saturated rings. The summed E-state index contributed by atoms with van der Waals surface area (Å²) in [5, 5.41) is 13.8. The lowest BCUT2D eigenvalue weighted by molar-refractivity contribution is -0.113. The Morgan fingerprint density at radius 3 is 2.89 bits per heavy atom. The van der Waals surface area contributed by atoms with Gasteiger partial charge in [-0.15, -0.1) is 23.1 Å². The molecule has 2 aromatic rings. The summed E-state index contributed by atoms with van der Waals surface area (Å²) in [7, 11) is 0. The third-order valence-electron chi connectivity index (χ3n) is 2.00. The Morgan fingerprint density at radius 1 is 1.37 bits per heavy atom. The summed E-state index contributed by atoms with van der Waals surface area (Å²) in [4.78, 5) is 30.7. The zero-order valence-electron chi connectivity index (χ0n) is 9.57. The predicted octanol–water partition coefficient (Wildman–Crippen LogP) is 1.97. The fourth-order valence-corrected chi connectivity index (χ4v) is 2.47. The molecule has 0 bridgehead atoms. The average molecular weight is 295 g/mol. The summed E-state index contributed by atoms with van der Waals surface area (Å²) in [6.07, 6.45) is 3.01. The standard InChI is InChI=1S/C11H9N3O3S2/c15-9(14-11-13-3-4-18-11)6-19-7-1-2-12-8(5-7)10(16)17/h1-5H,6H2,(H,16,17)(H,13,14,15). The molecular weight excluding hydrogens is 286 g/mol. The van der Waals surface area contributed by atoms with E-state index in [4.69, 9.17) is 5.11 Å². The largest absolute Gasteiger partial charge is 0.477 e. The number of carboxylic acid groups (broad SMARTS) is 1. The number of aromatic carboxylic acids is 1. The van der Waals surface area contributed by atoms with E-state index in [9.17, 15) is 9.59 Å². The maximum Gasteiger partial charge on any atom is 0.354 e. The van der Waals surface area contributed by atoms with E-state index in [1.165, 1.54) is 35.4 Å². The molecule has 0 spiro atoms. The molecule has 1 amide bonds. The van der Waals surface area contributed by atoms with Crippen molar-refractivity contribution >= 4 is 40.1 Å². The van der Waals surface area contributed by atoms with Gasteiger partial charge in [0, 0.05) is 22.7 Å². The smallest absolute Gasteiger partial charge is 0.354 e. The summed E-state index contributed by atoms with van der Waals surface area (Å²) >= 11 is 2.58. The highest BCUT2D eigenvalue weighted by atomic mass is 32.2. The number of nitrogens with zero attached hydrogens (tertiary/aromatic N) is 2. The van der Waals surface area contributed by atoms with E-state index >= 15 is 0 Å². The second-order valence-electron chi connectivity index (χ2n) is 3.36. The lowest BCUT2D eigenvalue weighted by Crippen LogP contribution is -2.13. The van der Waals surface area contributed by atoms with Crippen molar-refractivity contribution in [3.8, 4) is 0 Å². The summed E-state index contributed by atoms with van der Waals surface area (Å²) in [6, 6.07) is 3.09. The van der Waals surface area contributed by atoms with E-state index in [0.717, 1.165) is 0 Å². The molecule has 0 aliphatic rings. The Balaban J connectivity index is 1.89. The minimum Gasteiger partial charge on any atom is -0.477 e. The van der Waals surface area contributed by atoms with Crippen molar-refractivity contribution in [2.24, 2.45) is 0 Å². The number of aromatic nitrogens is 2. The van der Waals surface area contributed by atoms with Gasteiger partial charge in [-0.3, -0.25) is 4.79 Å². The van der Waals surface area contributed by atoms with E-state index in [2.05, 4.69) is 15.3 Å². The van der Waals surface area contributed by atoms with Crippen LogP contribution in [0.4, 0.5) is 5.13 Å². The van der Waals surface area contributed by atoms with E-state index < -0.39 is 5.97 Å². The Hall–Kier alpha value is -1.93. The monoisotopic (exact) mass is 295 g/mol. The summed E-state index contributed by atoms with van der Waals surface area (Å²) in [5.74, 6) is -1.09. The molecule has 0 unspecified atom stereocenters. The third kappa shape index (κ3) is 4.04. The van der Waals surface area contributed by atoms with Crippen molar-refractivity contribution in [1.29, 1.82) is 0 Å². The number of hydrogen-bond acceptors (Lipinski definition) is 6. The van der Waals surface area contributed by atoms with Crippen molar-refractivity contribution in [3.05, 3.63) is 35.6 Å². The summed E-state index contributed by atoms with van der Waals surface area (Å²) < 4.78 is 0.